The molecule has 1 saturated carbocycles. The number of fused-ring (bicyclic) bond motifs is 1. The standard InChI is InChI=1S/C27H29N3O4/c1-3-9-21-18(4-2)25(19-10-5-7-12-22(19)29-21)27(33)34-16-24(31)30-23-13-8-6-11-20(23)26(32)28-17-14-15-17/h5-8,10-13,17H,3-4,9,14-16H2,1-2H3,(H,28,32)(H,30,31). The minimum atomic E-state index is -0.553. The zero-order valence-corrected chi connectivity index (χ0v) is 19.5. The fourth-order valence-corrected chi connectivity index (χ4v) is 4.03. The Balaban J connectivity index is 1.50. The lowest BCUT2D eigenvalue weighted by Gasteiger charge is -2.16. The number of anilines is 1. The zero-order valence-electron chi connectivity index (χ0n) is 19.5. The second-order valence-corrected chi connectivity index (χ2v) is 8.45. The van der Waals surface area contributed by atoms with Gasteiger partial charge in [0.05, 0.1) is 22.3 Å². The summed E-state index contributed by atoms with van der Waals surface area (Å²) in [4.78, 5) is 43.0. The molecule has 2 N–H and O–H groups in total. The summed E-state index contributed by atoms with van der Waals surface area (Å²) in [5.74, 6) is -1.29. The molecule has 2 amide bonds. The van der Waals surface area contributed by atoms with E-state index >= 15 is 0 Å². The maximum Gasteiger partial charge on any atom is 0.339 e. The predicted molar refractivity (Wildman–Crippen MR) is 131 cm³/mol. The molecule has 7 heteroatoms. The number of para-hydroxylation sites is 2. The Morgan fingerprint density at radius 3 is 2.50 bits per heavy atom. The lowest BCUT2D eigenvalue weighted by atomic mass is 9.96. The summed E-state index contributed by atoms with van der Waals surface area (Å²) in [6.07, 6.45) is 4.24. The molecule has 0 aliphatic heterocycles. The van der Waals surface area contributed by atoms with Gasteiger partial charge in [0, 0.05) is 17.1 Å². The van der Waals surface area contributed by atoms with Crippen LogP contribution in [0.25, 0.3) is 10.9 Å². The maximum atomic E-state index is 13.2. The highest BCUT2D eigenvalue weighted by molar-refractivity contribution is 6.07. The molecule has 176 valence electrons. The van der Waals surface area contributed by atoms with E-state index in [1.807, 2.05) is 31.2 Å². The molecule has 4 rings (SSSR count). The summed E-state index contributed by atoms with van der Waals surface area (Å²) in [5, 5.41) is 6.33. The summed E-state index contributed by atoms with van der Waals surface area (Å²) >= 11 is 0. The molecule has 7 nitrogen and oxygen atoms in total. The van der Waals surface area contributed by atoms with Crippen LogP contribution in [0, 0.1) is 0 Å². The third kappa shape index (κ3) is 5.25. The first-order valence-corrected chi connectivity index (χ1v) is 11.8. The quantitative estimate of drug-likeness (QED) is 0.461. The van der Waals surface area contributed by atoms with E-state index in [9.17, 15) is 14.4 Å². The minimum absolute atomic E-state index is 0.206. The van der Waals surface area contributed by atoms with Gasteiger partial charge in [-0.3, -0.25) is 14.6 Å². The molecule has 1 aromatic heterocycles. The number of rotatable bonds is 9. The lowest BCUT2D eigenvalue weighted by molar-refractivity contribution is -0.119. The van der Waals surface area contributed by atoms with E-state index in [1.54, 1.807) is 24.3 Å². The Kier molecular flexibility index (Phi) is 7.21. The Morgan fingerprint density at radius 2 is 1.76 bits per heavy atom. The van der Waals surface area contributed by atoms with Crippen LogP contribution in [0.5, 0.6) is 0 Å². The van der Waals surface area contributed by atoms with Crippen LogP contribution in [0.4, 0.5) is 5.69 Å². The van der Waals surface area contributed by atoms with E-state index in [0.717, 1.165) is 42.5 Å². The number of ether oxygens (including phenoxy) is 1. The van der Waals surface area contributed by atoms with Gasteiger partial charge in [-0.05, 0) is 49.4 Å². The first-order valence-electron chi connectivity index (χ1n) is 11.8. The first-order chi connectivity index (χ1) is 16.5. The monoisotopic (exact) mass is 459 g/mol. The fraction of sp³-hybridized carbons (Fsp3) is 0.333. The summed E-state index contributed by atoms with van der Waals surface area (Å²) in [7, 11) is 0. The van der Waals surface area contributed by atoms with Crippen LogP contribution in [-0.2, 0) is 22.4 Å². The largest absolute Gasteiger partial charge is 0.452 e. The van der Waals surface area contributed by atoms with Gasteiger partial charge in [0.1, 0.15) is 0 Å². The van der Waals surface area contributed by atoms with E-state index < -0.39 is 18.5 Å². The van der Waals surface area contributed by atoms with Crippen molar-refractivity contribution in [2.75, 3.05) is 11.9 Å². The second kappa shape index (κ2) is 10.5. The third-order valence-electron chi connectivity index (χ3n) is 5.82. The average molecular weight is 460 g/mol. The number of hydrogen-bond acceptors (Lipinski definition) is 5. The first kappa shape index (κ1) is 23.4. The van der Waals surface area contributed by atoms with Gasteiger partial charge in [0.25, 0.3) is 11.8 Å². The Morgan fingerprint density at radius 1 is 1.03 bits per heavy atom. The molecule has 1 heterocycles. The third-order valence-corrected chi connectivity index (χ3v) is 5.82. The van der Waals surface area contributed by atoms with Crippen molar-refractivity contribution >= 4 is 34.4 Å². The highest BCUT2D eigenvalue weighted by Crippen LogP contribution is 2.26. The normalized spacial score (nSPS) is 12.9. The van der Waals surface area contributed by atoms with E-state index in [4.69, 9.17) is 9.72 Å². The summed E-state index contributed by atoms with van der Waals surface area (Å²) in [5.41, 5.74) is 3.70. The van der Waals surface area contributed by atoms with Gasteiger partial charge in [-0.2, -0.15) is 0 Å². The lowest BCUT2D eigenvalue weighted by Crippen LogP contribution is -2.28. The number of benzene rings is 2. The molecule has 1 aliphatic carbocycles. The molecule has 0 radical (unpaired) electrons. The molecule has 0 unspecified atom stereocenters. The molecular formula is C27H29N3O4. The average Bonchev–Trinajstić information content (AvgIpc) is 3.66. The van der Waals surface area contributed by atoms with Crippen LogP contribution in [0.2, 0.25) is 0 Å². The topological polar surface area (TPSA) is 97.4 Å². The van der Waals surface area contributed by atoms with E-state index in [2.05, 4.69) is 17.6 Å². The van der Waals surface area contributed by atoms with Crippen LogP contribution >= 0.6 is 0 Å². The number of amides is 2. The van der Waals surface area contributed by atoms with Crippen molar-refractivity contribution < 1.29 is 19.1 Å². The zero-order chi connectivity index (χ0) is 24.1. The Bertz CT molecular complexity index is 1230. The summed E-state index contributed by atoms with van der Waals surface area (Å²) in [6, 6.07) is 14.5. The SMILES string of the molecule is CCCc1nc2ccccc2c(C(=O)OCC(=O)Nc2ccccc2C(=O)NC2CC2)c1CC. The van der Waals surface area contributed by atoms with Crippen molar-refractivity contribution in [2.24, 2.45) is 0 Å². The van der Waals surface area contributed by atoms with Gasteiger partial charge in [-0.1, -0.05) is 50.6 Å². The summed E-state index contributed by atoms with van der Waals surface area (Å²) in [6.45, 7) is 3.60. The van der Waals surface area contributed by atoms with Crippen molar-refractivity contribution in [3.8, 4) is 0 Å². The highest BCUT2D eigenvalue weighted by atomic mass is 16.5. The number of nitrogens with one attached hydrogen (secondary N) is 2. The van der Waals surface area contributed by atoms with Crippen molar-refractivity contribution in [3.63, 3.8) is 0 Å². The highest BCUT2D eigenvalue weighted by Gasteiger charge is 2.25. The number of carbonyl (C=O) groups excluding carboxylic acids is 3. The van der Waals surface area contributed by atoms with Crippen LogP contribution in [0.3, 0.4) is 0 Å². The van der Waals surface area contributed by atoms with Gasteiger partial charge in [-0.25, -0.2) is 4.79 Å². The number of carbonyl (C=O) groups is 3. The van der Waals surface area contributed by atoms with Crippen molar-refractivity contribution in [1.82, 2.24) is 10.3 Å². The van der Waals surface area contributed by atoms with Gasteiger partial charge < -0.3 is 15.4 Å². The number of esters is 1. The van der Waals surface area contributed by atoms with E-state index in [1.165, 1.54) is 0 Å². The van der Waals surface area contributed by atoms with E-state index in [0.29, 0.717) is 28.6 Å². The Labute approximate surface area is 198 Å². The number of nitrogens with zero attached hydrogens (tertiary/aromatic N) is 1. The Hall–Kier alpha value is -3.74. The molecule has 3 aromatic rings. The minimum Gasteiger partial charge on any atom is -0.452 e. The van der Waals surface area contributed by atoms with Crippen LogP contribution in [-0.4, -0.2) is 35.4 Å². The fourth-order valence-electron chi connectivity index (χ4n) is 4.03. The second-order valence-electron chi connectivity index (χ2n) is 8.45. The van der Waals surface area contributed by atoms with Crippen LogP contribution in [0.1, 0.15) is 65.1 Å². The molecular weight excluding hydrogens is 430 g/mol. The van der Waals surface area contributed by atoms with Crippen LogP contribution < -0.4 is 10.6 Å². The number of aryl methyl sites for hydroxylation is 1. The van der Waals surface area contributed by atoms with Crippen molar-refractivity contribution in [1.29, 1.82) is 0 Å². The molecule has 2 aromatic carbocycles. The summed E-state index contributed by atoms with van der Waals surface area (Å²) < 4.78 is 5.44. The number of pyridine rings is 1. The number of aromatic nitrogens is 1. The number of hydrogen-bond donors (Lipinski definition) is 2. The molecule has 0 saturated heterocycles. The van der Waals surface area contributed by atoms with Gasteiger partial charge in [-0.15, -0.1) is 0 Å². The van der Waals surface area contributed by atoms with Gasteiger partial charge >= 0.3 is 5.97 Å². The van der Waals surface area contributed by atoms with Crippen molar-refractivity contribution in [3.05, 3.63) is 70.9 Å². The molecule has 1 fully saturated rings. The predicted octanol–water partition coefficient (Wildman–Crippen LogP) is 4.44. The van der Waals surface area contributed by atoms with Gasteiger partial charge in [0.2, 0.25) is 0 Å². The molecule has 34 heavy (non-hydrogen) atoms. The van der Waals surface area contributed by atoms with Crippen molar-refractivity contribution in [2.45, 2.75) is 52.0 Å². The smallest absolute Gasteiger partial charge is 0.339 e. The molecule has 0 bridgehead atoms. The molecule has 0 atom stereocenters. The maximum absolute atomic E-state index is 13.2. The van der Waals surface area contributed by atoms with Crippen LogP contribution in [0.15, 0.2) is 48.5 Å². The van der Waals surface area contributed by atoms with Gasteiger partial charge in [0.15, 0.2) is 6.61 Å². The molecule has 1 aliphatic rings. The molecule has 0 spiro atoms. The van der Waals surface area contributed by atoms with E-state index in [-0.39, 0.29) is 11.9 Å².